The zero-order chi connectivity index (χ0) is 14.0. The molecular weight excluding hydrogens is 280 g/mol. The predicted molar refractivity (Wildman–Crippen MR) is 78.1 cm³/mol. The van der Waals surface area contributed by atoms with E-state index in [-0.39, 0.29) is 5.91 Å². The van der Waals surface area contributed by atoms with Gasteiger partial charge in [0.25, 0.3) is 0 Å². The Balaban J connectivity index is 2.36. The molecule has 0 saturated heterocycles. The molecule has 0 aliphatic heterocycles. The lowest BCUT2D eigenvalue weighted by Gasteiger charge is -2.19. The molecule has 0 radical (unpaired) electrons. The van der Waals surface area contributed by atoms with Gasteiger partial charge in [-0.2, -0.15) is 11.3 Å². The zero-order valence-corrected chi connectivity index (χ0v) is 12.7. The summed E-state index contributed by atoms with van der Waals surface area (Å²) >= 11 is 2.96. The standard InChI is InChI=1S/C12H16N4OS2/c1-4-16-9(8-5-6-18-7-8)14-15-11(16)19-12(2,3)10(13)17/h5-7H,4H2,1-3H3,(H2,13,17). The van der Waals surface area contributed by atoms with Crippen molar-refractivity contribution < 1.29 is 4.79 Å². The Morgan fingerprint density at radius 3 is 2.79 bits per heavy atom. The summed E-state index contributed by atoms with van der Waals surface area (Å²) in [6, 6.07) is 2.01. The van der Waals surface area contributed by atoms with E-state index in [1.54, 1.807) is 25.2 Å². The monoisotopic (exact) mass is 296 g/mol. The average Bonchev–Trinajstić information content (AvgIpc) is 2.96. The average molecular weight is 296 g/mol. The summed E-state index contributed by atoms with van der Waals surface area (Å²) in [6.45, 7) is 6.35. The van der Waals surface area contributed by atoms with Crippen molar-refractivity contribution in [2.75, 3.05) is 0 Å². The number of nitrogens with two attached hydrogens (primary N) is 1. The highest BCUT2D eigenvalue weighted by Gasteiger charge is 2.29. The third kappa shape index (κ3) is 2.82. The number of aromatic nitrogens is 3. The van der Waals surface area contributed by atoms with E-state index >= 15 is 0 Å². The zero-order valence-electron chi connectivity index (χ0n) is 11.1. The van der Waals surface area contributed by atoms with E-state index in [1.165, 1.54) is 11.8 Å². The molecule has 0 aliphatic carbocycles. The highest BCUT2D eigenvalue weighted by atomic mass is 32.2. The Morgan fingerprint density at radius 1 is 1.53 bits per heavy atom. The number of carbonyl (C=O) groups is 1. The second kappa shape index (κ2) is 5.34. The van der Waals surface area contributed by atoms with Crippen molar-refractivity contribution in [3.8, 4) is 11.4 Å². The van der Waals surface area contributed by atoms with Crippen molar-refractivity contribution in [2.45, 2.75) is 37.2 Å². The molecule has 2 aromatic heterocycles. The molecule has 0 aliphatic rings. The van der Waals surface area contributed by atoms with E-state index in [9.17, 15) is 4.79 Å². The number of thioether (sulfide) groups is 1. The highest BCUT2D eigenvalue weighted by molar-refractivity contribution is 8.01. The molecule has 0 bridgehead atoms. The van der Waals surface area contributed by atoms with Crippen molar-refractivity contribution in [1.82, 2.24) is 14.8 Å². The van der Waals surface area contributed by atoms with Gasteiger partial charge in [0.05, 0.1) is 4.75 Å². The van der Waals surface area contributed by atoms with Gasteiger partial charge in [-0.15, -0.1) is 10.2 Å². The van der Waals surface area contributed by atoms with Crippen LogP contribution < -0.4 is 5.73 Å². The lowest BCUT2D eigenvalue weighted by Crippen LogP contribution is -2.35. The van der Waals surface area contributed by atoms with Crippen LogP contribution in [-0.2, 0) is 11.3 Å². The SMILES string of the molecule is CCn1c(SC(C)(C)C(N)=O)nnc1-c1ccsc1. The maximum atomic E-state index is 11.4. The highest BCUT2D eigenvalue weighted by Crippen LogP contribution is 2.33. The first kappa shape index (κ1) is 14.1. The fraction of sp³-hybridized carbons (Fsp3) is 0.417. The molecule has 0 spiro atoms. The van der Waals surface area contributed by atoms with Crippen LogP contribution in [0.15, 0.2) is 22.0 Å². The number of thiophene rings is 1. The van der Waals surface area contributed by atoms with Gasteiger partial charge in [-0.25, -0.2) is 0 Å². The van der Waals surface area contributed by atoms with E-state index in [0.29, 0.717) is 5.16 Å². The molecule has 19 heavy (non-hydrogen) atoms. The summed E-state index contributed by atoms with van der Waals surface area (Å²) < 4.78 is 1.29. The van der Waals surface area contributed by atoms with Gasteiger partial charge in [0, 0.05) is 17.5 Å². The molecule has 0 unspecified atom stereocenters. The predicted octanol–water partition coefficient (Wildman–Crippen LogP) is 2.38. The second-order valence-electron chi connectivity index (χ2n) is 4.54. The van der Waals surface area contributed by atoms with Gasteiger partial charge in [0.15, 0.2) is 11.0 Å². The number of hydrogen-bond acceptors (Lipinski definition) is 5. The summed E-state index contributed by atoms with van der Waals surface area (Å²) in [7, 11) is 0. The topological polar surface area (TPSA) is 73.8 Å². The van der Waals surface area contributed by atoms with Crippen LogP contribution in [-0.4, -0.2) is 25.4 Å². The first-order valence-corrected chi connectivity index (χ1v) is 7.66. The van der Waals surface area contributed by atoms with Gasteiger partial charge in [-0.1, -0.05) is 11.8 Å². The first-order chi connectivity index (χ1) is 8.95. The van der Waals surface area contributed by atoms with Crippen LogP contribution >= 0.6 is 23.1 Å². The molecule has 2 aromatic rings. The van der Waals surface area contributed by atoms with E-state index in [4.69, 9.17) is 5.73 Å². The minimum atomic E-state index is -0.703. The molecule has 102 valence electrons. The molecule has 0 fully saturated rings. The van der Waals surface area contributed by atoms with Crippen molar-refractivity contribution in [2.24, 2.45) is 5.73 Å². The summed E-state index contributed by atoms with van der Waals surface area (Å²) in [5.74, 6) is 0.465. The van der Waals surface area contributed by atoms with Crippen molar-refractivity contribution >= 4 is 29.0 Å². The van der Waals surface area contributed by atoms with E-state index in [2.05, 4.69) is 10.2 Å². The minimum absolute atomic E-state index is 0.361. The maximum Gasteiger partial charge on any atom is 0.233 e. The Bertz CT molecular complexity index is 575. The van der Waals surface area contributed by atoms with Gasteiger partial charge in [-0.05, 0) is 32.2 Å². The summed E-state index contributed by atoms with van der Waals surface area (Å²) in [4.78, 5) is 11.4. The van der Waals surface area contributed by atoms with E-state index in [0.717, 1.165) is 17.9 Å². The van der Waals surface area contributed by atoms with Gasteiger partial charge in [0.1, 0.15) is 0 Å². The third-order valence-corrected chi connectivity index (χ3v) is 4.63. The van der Waals surface area contributed by atoms with Crippen LogP contribution in [0, 0.1) is 0 Å². The molecule has 5 nitrogen and oxygen atoms in total. The number of primary amides is 1. The van der Waals surface area contributed by atoms with Crippen LogP contribution in [0.25, 0.3) is 11.4 Å². The second-order valence-corrected chi connectivity index (χ2v) is 6.91. The van der Waals surface area contributed by atoms with Crippen molar-refractivity contribution in [3.05, 3.63) is 16.8 Å². The Hall–Kier alpha value is -1.34. The fourth-order valence-corrected chi connectivity index (χ4v) is 3.13. The fourth-order valence-electron chi connectivity index (χ4n) is 1.53. The van der Waals surface area contributed by atoms with Crippen molar-refractivity contribution in [3.63, 3.8) is 0 Å². The lowest BCUT2D eigenvalue weighted by atomic mass is 10.2. The lowest BCUT2D eigenvalue weighted by molar-refractivity contribution is -0.119. The van der Waals surface area contributed by atoms with E-state index in [1.807, 2.05) is 28.3 Å². The van der Waals surface area contributed by atoms with Gasteiger partial charge >= 0.3 is 0 Å². The summed E-state index contributed by atoms with van der Waals surface area (Å²) in [5, 5.41) is 13.2. The number of rotatable bonds is 5. The van der Waals surface area contributed by atoms with Crippen LogP contribution in [0.1, 0.15) is 20.8 Å². The van der Waals surface area contributed by atoms with Crippen LogP contribution in [0.2, 0.25) is 0 Å². The van der Waals surface area contributed by atoms with Crippen LogP contribution in [0.4, 0.5) is 0 Å². The summed E-state index contributed by atoms with van der Waals surface area (Å²) in [6.07, 6.45) is 0. The molecule has 0 atom stereocenters. The van der Waals surface area contributed by atoms with Gasteiger partial charge < -0.3 is 10.3 Å². The molecule has 0 saturated carbocycles. The molecule has 2 heterocycles. The molecule has 2 N–H and O–H groups in total. The molecule has 0 aromatic carbocycles. The molecule has 1 amide bonds. The third-order valence-electron chi connectivity index (χ3n) is 2.75. The van der Waals surface area contributed by atoms with Gasteiger partial charge in [-0.3, -0.25) is 4.79 Å². The number of hydrogen-bond donors (Lipinski definition) is 1. The quantitative estimate of drug-likeness (QED) is 0.860. The molecule has 7 heteroatoms. The molecular formula is C12H16N4OS2. The summed E-state index contributed by atoms with van der Waals surface area (Å²) in [5.41, 5.74) is 6.44. The molecule has 2 rings (SSSR count). The Labute approximate surface area is 120 Å². The number of amides is 1. The Kier molecular flexibility index (Phi) is 3.96. The smallest absolute Gasteiger partial charge is 0.233 e. The van der Waals surface area contributed by atoms with Crippen LogP contribution in [0.3, 0.4) is 0 Å². The van der Waals surface area contributed by atoms with E-state index < -0.39 is 4.75 Å². The normalized spacial score (nSPS) is 11.7. The number of nitrogens with zero attached hydrogens (tertiary/aromatic N) is 3. The van der Waals surface area contributed by atoms with Gasteiger partial charge in [0.2, 0.25) is 5.91 Å². The van der Waals surface area contributed by atoms with Crippen LogP contribution in [0.5, 0.6) is 0 Å². The maximum absolute atomic E-state index is 11.4. The largest absolute Gasteiger partial charge is 0.368 e. The Morgan fingerprint density at radius 2 is 2.26 bits per heavy atom. The van der Waals surface area contributed by atoms with Crippen molar-refractivity contribution in [1.29, 1.82) is 0 Å². The minimum Gasteiger partial charge on any atom is -0.368 e. The number of carbonyl (C=O) groups excluding carboxylic acids is 1. The first-order valence-electron chi connectivity index (χ1n) is 5.90.